The van der Waals surface area contributed by atoms with Crippen molar-refractivity contribution in [2.75, 3.05) is 6.61 Å². The summed E-state index contributed by atoms with van der Waals surface area (Å²) in [7, 11) is 0.955. The maximum Gasteiger partial charge on any atom is 0.288 e. The van der Waals surface area contributed by atoms with Crippen LogP contribution >= 0.6 is 10.7 Å². The molecule has 1 aromatic carbocycles. The Kier molecular flexibility index (Phi) is 4.11. The van der Waals surface area contributed by atoms with E-state index in [0.29, 0.717) is 6.07 Å². The zero-order valence-electron chi connectivity index (χ0n) is 9.08. The van der Waals surface area contributed by atoms with E-state index in [-0.39, 0.29) is 17.9 Å². The third-order valence-electron chi connectivity index (χ3n) is 1.94. The Morgan fingerprint density at radius 2 is 2.17 bits per heavy atom. The van der Waals surface area contributed by atoms with Crippen LogP contribution < -0.4 is 4.74 Å². The van der Waals surface area contributed by atoms with E-state index in [0.717, 1.165) is 6.07 Å². The first-order chi connectivity index (χ1) is 8.31. The first-order valence-corrected chi connectivity index (χ1v) is 6.92. The zero-order valence-corrected chi connectivity index (χ0v) is 10.7. The van der Waals surface area contributed by atoms with Crippen LogP contribution in [0.4, 0.5) is 5.69 Å². The first-order valence-electron chi connectivity index (χ1n) is 4.61. The fraction of sp³-hybridized carbons (Fsp3) is 0.222. The summed E-state index contributed by atoms with van der Waals surface area (Å²) >= 11 is 0. The van der Waals surface area contributed by atoms with Crippen LogP contribution in [0.3, 0.4) is 0 Å². The van der Waals surface area contributed by atoms with Crippen molar-refractivity contribution in [3.05, 3.63) is 27.8 Å². The van der Waals surface area contributed by atoms with Gasteiger partial charge in [0.15, 0.2) is 0 Å². The molecule has 0 heterocycles. The van der Waals surface area contributed by atoms with E-state index in [1.165, 1.54) is 0 Å². The lowest BCUT2D eigenvalue weighted by Gasteiger charge is -2.08. The van der Waals surface area contributed by atoms with Crippen LogP contribution in [0.1, 0.15) is 12.5 Å². The number of hydrogen-bond donors (Lipinski definition) is 0. The quantitative estimate of drug-likeness (QED) is 0.475. The molecule has 18 heavy (non-hydrogen) atoms. The smallest absolute Gasteiger partial charge is 0.288 e. The summed E-state index contributed by atoms with van der Waals surface area (Å²) in [5.41, 5.74) is -0.937. The third-order valence-corrected chi connectivity index (χ3v) is 3.28. The second kappa shape index (κ2) is 5.20. The summed E-state index contributed by atoms with van der Waals surface area (Å²) in [5, 5.41) is 19.5. The van der Waals surface area contributed by atoms with E-state index in [9.17, 15) is 18.5 Å². The summed E-state index contributed by atoms with van der Waals surface area (Å²) < 4.78 is 27.6. The standard InChI is InChI=1S/C9H7ClN2O5S/c1-2-17-8-3-6(5-11)7(12(13)14)4-9(8)18(10,15)16/h3-4H,2H2,1H3. The fourth-order valence-electron chi connectivity index (χ4n) is 1.25. The van der Waals surface area contributed by atoms with Crippen molar-refractivity contribution in [3.8, 4) is 11.8 Å². The lowest BCUT2D eigenvalue weighted by molar-refractivity contribution is -0.385. The summed E-state index contributed by atoms with van der Waals surface area (Å²) in [5.74, 6) is -0.186. The molecule has 0 unspecified atom stereocenters. The number of rotatable bonds is 4. The lowest BCUT2D eigenvalue weighted by atomic mass is 10.2. The highest BCUT2D eigenvalue weighted by Gasteiger charge is 2.25. The second-order valence-electron chi connectivity index (χ2n) is 3.06. The molecule has 0 amide bonds. The molecule has 0 spiro atoms. The van der Waals surface area contributed by atoms with Crippen molar-refractivity contribution in [1.82, 2.24) is 0 Å². The molecule has 9 heteroatoms. The Morgan fingerprint density at radius 3 is 2.56 bits per heavy atom. The van der Waals surface area contributed by atoms with Gasteiger partial charge < -0.3 is 4.74 Å². The molecule has 0 radical (unpaired) electrons. The number of nitriles is 1. The van der Waals surface area contributed by atoms with Gasteiger partial charge >= 0.3 is 0 Å². The Bertz CT molecular complexity index is 635. The third kappa shape index (κ3) is 2.88. The molecular formula is C9H7ClN2O5S. The maximum atomic E-state index is 11.3. The van der Waals surface area contributed by atoms with Crippen molar-refractivity contribution in [3.63, 3.8) is 0 Å². The molecule has 96 valence electrons. The van der Waals surface area contributed by atoms with Gasteiger partial charge in [-0.2, -0.15) is 5.26 Å². The van der Waals surface area contributed by atoms with Crippen LogP contribution in [-0.4, -0.2) is 19.9 Å². The summed E-state index contributed by atoms with van der Waals surface area (Å²) in [6.45, 7) is 1.72. The highest BCUT2D eigenvalue weighted by molar-refractivity contribution is 8.13. The zero-order chi connectivity index (χ0) is 13.9. The summed E-state index contributed by atoms with van der Waals surface area (Å²) in [6.07, 6.45) is 0. The van der Waals surface area contributed by atoms with Crippen LogP contribution in [0.15, 0.2) is 17.0 Å². The van der Waals surface area contributed by atoms with Gasteiger partial charge in [-0.05, 0) is 6.92 Å². The van der Waals surface area contributed by atoms with Crippen LogP contribution in [0.5, 0.6) is 5.75 Å². The molecule has 0 atom stereocenters. The van der Waals surface area contributed by atoms with Gasteiger partial charge in [-0.15, -0.1) is 0 Å². The largest absolute Gasteiger partial charge is 0.492 e. The van der Waals surface area contributed by atoms with Crippen LogP contribution in [-0.2, 0) is 9.05 Å². The molecule has 0 aromatic heterocycles. The summed E-state index contributed by atoms with van der Waals surface area (Å²) in [4.78, 5) is 9.31. The van der Waals surface area contributed by atoms with Crippen LogP contribution in [0.2, 0.25) is 0 Å². The molecule has 0 fully saturated rings. The van der Waals surface area contributed by atoms with Gasteiger partial charge in [-0.1, -0.05) is 0 Å². The molecule has 0 saturated heterocycles. The van der Waals surface area contributed by atoms with Gasteiger partial charge in [0.25, 0.3) is 14.7 Å². The van der Waals surface area contributed by atoms with Gasteiger partial charge in [0.1, 0.15) is 22.3 Å². The number of hydrogen-bond acceptors (Lipinski definition) is 6. The molecule has 1 rings (SSSR count). The fourth-order valence-corrected chi connectivity index (χ4v) is 2.22. The van der Waals surface area contributed by atoms with Crippen molar-refractivity contribution in [1.29, 1.82) is 5.26 Å². The molecule has 0 bridgehead atoms. The van der Waals surface area contributed by atoms with Crippen molar-refractivity contribution in [2.24, 2.45) is 0 Å². The highest BCUT2D eigenvalue weighted by Crippen LogP contribution is 2.33. The van der Waals surface area contributed by atoms with E-state index in [4.69, 9.17) is 20.7 Å². The van der Waals surface area contributed by atoms with E-state index in [1.54, 1.807) is 13.0 Å². The SMILES string of the molecule is CCOc1cc(C#N)c([N+](=O)[O-])cc1S(=O)(=O)Cl. The van der Waals surface area contributed by atoms with Crippen molar-refractivity contribution < 1.29 is 18.1 Å². The molecule has 0 N–H and O–H groups in total. The Morgan fingerprint density at radius 1 is 1.56 bits per heavy atom. The van der Waals surface area contributed by atoms with E-state index in [1.807, 2.05) is 0 Å². The van der Waals surface area contributed by atoms with E-state index in [2.05, 4.69) is 0 Å². The Balaban J connectivity index is 3.64. The van der Waals surface area contributed by atoms with Gasteiger partial charge in [0.05, 0.1) is 11.5 Å². The van der Waals surface area contributed by atoms with Crippen LogP contribution in [0, 0.1) is 21.4 Å². The second-order valence-corrected chi connectivity index (χ2v) is 5.59. The average molecular weight is 291 g/mol. The van der Waals surface area contributed by atoms with E-state index < -0.39 is 24.6 Å². The molecule has 0 aliphatic heterocycles. The predicted octanol–water partition coefficient (Wildman–Crippen LogP) is 1.79. The normalized spacial score (nSPS) is 10.7. The molecule has 0 aliphatic carbocycles. The first kappa shape index (κ1) is 14.2. The minimum Gasteiger partial charge on any atom is -0.492 e. The molecular weight excluding hydrogens is 284 g/mol. The van der Waals surface area contributed by atoms with Gasteiger partial charge in [-0.3, -0.25) is 10.1 Å². The minimum atomic E-state index is -4.20. The maximum absolute atomic E-state index is 11.3. The number of halogens is 1. The molecule has 1 aromatic rings. The lowest BCUT2D eigenvalue weighted by Crippen LogP contribution is -2.03. The number of nitro benzene ring substituents is 1. The number of ether oxygens (including phenoxy) is 1. The van der Waals surface area contributed by atoms with Crippen LogP contribution in [0.25, 0.3) is 0 Å². The number of benzene rings is 1. The number of nitrogens with zero attached hydrogens (tertiary/aromatic N) is 2. The van der Waals surface area contributed by atoms with Gasteiger partial charge in [0, 0.05) is 22.8 Å². The van der Waals surface area contributed by atoms with Crippen molar-refractivity contribution in [2.45, 2.75) is 11.8 Å². The monoisotopic (exact) mass is 290 g/mol. The average Bonchev–Trinajstić information content (AvgIpc) is 2.26. The molecule has 0 saturated carbocycles. The highest BCUT2D eigenvalue weighted by atomic mass is 35.7. The number of nitro groups is 1. The molecule has 0 aliphatic rings. The summed E-state index contributed by atoms with van der Waals surface area (Å²) in [6, 6.07) is 3.29. The minimum absolute atomic E-state index is 0.127. The molecule has 7 nitrogen and oxygen atoms in total. The van der Waals surface area contributed by atoms with E-state index >= 15 is 0 Å². The van der Waals surface area contributed by atoms with Crippen molar-refractivity contribution >= 4 is 25.4 Å². The topological polar surface area (TPSA) is 110 Å². The van der Waals surface area contributed by atoms with Gasteiger partial charge in [0.2, 0.25) is 0 Å². The van der Waals surface area contributed by atoms with Gasteiger partial charge in [-0.25, -0.2) is 8.42 Å². The predicted molar refractivity (Wildman–Crippen MR) is 62.0 cm³/mol. The Labute approximate surface area is 107 Å². The Hall–Kier alpha value is -1.85.